The summed E-state index contributed by atoms with van der Waals surface area (Å²) in [5, 5.41) is 10.8. The van der Waals surface area contributed by atoms with Crippen LogP contribution < -0.4 is 10.6 Å². The van der Waals surface area contributed by atoms with Crippen molar-refractivity contribution in [1.29, 1.82) is 0 Å². The van der Waals surface area contributed by atoms with E-state index in [1.165, 1.54) is 18.4 Å². The molecule has 26 heavy (non-hydrogen) atoms. The van der Waals surface area contributed by atoms with Crippen LogP contribution in [-0.2, 0) is 17.9 Å². The van der Waals surface area contributed by atoms with Crippen LogP contribution in [0.15, 0.2) is 42.7 Å². The normalized spacial score (nSPS) is 15.9. The van der Waals surface area contributed by atoms with E-state index >= 15 is 0 Å². The van der Waals surface area contributed by atoms with Crippen molar-refractivity contribution in [2.75, 3.05) is 13.1 Å². The molecule has 0 radical (unpaired) electrons. The Morgan fingerprint density at radius 3 is 2.73 bits per heavy atom. The van der Waals surface area contributed by atoms with Crippen LogP contribution in [0.1, 0.15) is 37.3 Å². The Morgan fingerprint density at radius 1 is 1.27 bits per heavy atom. The Hall–Kier alpha value is -1.85. The number of rotatable bonds is 7. The predicted octanol–water partition coefficient (Wildman–Crippen LogP) is 3.00. The highest BCUT2D eigenvalue weighted by atomic mass is 35.5. The van der Waals surface area contributed by atoms with Gasteiger partial charge in [-0.1, -0.05) is 37.3 Å². The molecule has 0 saturated carbocycles. The Labute approximate surface area is 162 Å². The van der Waals surface area contributed by atoms with Gasteiger partial charge in [-0.15, -0.1) is 12.4 Å². The zero-order chi connectivity index (χ0) is 17.5. The first-order valence-corrected chi connectivity index (χ1v) is 9.23. The highest BCUT2D eigenvalue weighted by Gasteiger charge is 2.21. The van der Waals surface area contributed by atoms with Crippen LogP contribution in [-0.4, -0.2) is 28.8 Å². The number of carbonyl (C=O) groups excluding carboxylic acids is 1. The molecule has 1 aliphatic heterocycles. The molecular weight excluding hydrogens is 348 g/mol. The van der Waals surface area contributed by atoms with Gasteiger partial charge in [0.05, 0.1) is 12.7 Å². The number of nitrogens with zero attached hydrogens (tertiary/aromatic N) is 2. The maximum atomic E-state index is 12.2. The van der Waals surface area contributed by atoms with Gasteiger partial charge in [-0.2, -0.15) is 5.10 Å². The summed E-state index contributed by atoms with van der Waals surface area (Å²) in [5.41, 5.74) is 2.26. The molecule has 0 bridgehead atoms. The van der Waals surface area contributed by atoms with E-state index in [0.717, 1.165) is 25.2 Å². The first-order chi connectivity index (χ1) is 12.2. The highest BCUT2D eigenvalue weighted by Crippen LogP contribution is 2.24. The molecule has 1 saturated heterocycles. The van der Waals surface area contributed by atoms with Gasteiger partial charge in [0.15, 0.2) is 0 Å². The van der Waals surface area contributed by atoms with Gasteiger partial charge >= 0.3 is 0 Å². The lowest BCUT2D eigenvalue weighted by atomic mass is 9.84. The van der Waals surface area contributed by atoms with Gasteiger partial charge in [-0.3, -0.25) is 9.48 Å². The molecule has 1 aromatic heterocycles. The minimum absolute atomic E-state index is 0. The predicted molar refractivity (Wildman–Crippen MR) is 106 cm³/mol. The van der Waals surface area contributed by atoms with Crippen molar-refractivity contribution in [3.63, 3.8) is 0 Å². The van der Waals surface area contributed by atoms with Gasteiger partial charge in [0, 0.05) is 24.7 Å². The zero-order valence-corrected chi connectivity index (χ0v) is 16.2. The molecule has 142 valence electrons. The Kier molecular flexibility index (Phi) is 8.13. The fraction of sp³-hybridized carbons (Fsp3) is 0.500. The van der Waals surface area contributed by atoms with E-state index in [-0.39, 0.29) is 18.3 Å². The fourth-order valence-corrected chi connectivity index (χ4v) is 3.50. The topological polar surface area (TPSA) is 59.0 Å². The van der Waals surface area contributed by atoms with Crippen LogP contribution in [0.2, 0.25) is 0 Å². The monoisotopic (exact) mass is 376 g/mol. The van der Waals surface area contributed by atoms with Crippen molar-refractivity contribution in [3.05, 3.63) is 53.9 Å². The van der Waals surface area contributed by atoms with Crippen LogP contribution in [0.25, 0.3) is 0 Å². The minimum Gasteiger partial charge on any atom is -0.352 e. The molecule has 1 amide bonds. The van der Waals surface area contributed by atoms with E-state index in [1.807, 2.05) is 35.3 Å². The molecule has 2 heterocycles. The molecular formula is C20H29ClN4O. The summed E-state index contributed by atoms with van der Waals surface area (Å²) in [6, 6.07) is 10.3. The van der Waals surface area contributed by atoms with Gasteiger partial charge in [0.1, 0.15) is 0 Å². The molecule has 1 aliphatic rings. The van der Waals surface area contributed by atoms with E-state index < -0.39 is 0 Å². The lowest BCUT2D eigenvalue weighted by molar-refractivity contribution is -0.122. The summed E-state index contributed by atoms with van der Waals surface area (Å²) in [6.07, 6.45) is 6.81. The second-order valence-electron chi connectivity index (χ2n) is 7.08. The summed E-state index contributed by atoms with van der Waals surface area (Å²) in [4.78, 5) is 12.2. The summed E-state index contributed by atoms with van der Waals surface area (Å²) >= 11 is 0. The maximum absolute atomic E-state index is 12.2. The Morgan fingerprint density at radius 2 is 2.00 bits per heavy atom. The third kappa shape index (κ3) is 6.15. The number of benzene rings is 1. The summed E-state index contributed by atoms with van der Waals surface area (Å²) in [6.45, 7) is 5.66. The molecule has 2 N–H and O–H groups in total. The van der Waals surface area contributed by atoms with Crippen LogP contribution in [0.4, 0.5) is 0 Å². The molecule has 0 aliphatic carbocycles. The zero-order valence-electron chi connectivity index (χ0n) is 15.4. The lowest BCUT2D eigenvalue weighted by Crippen LogP contribution is -2.33. The van der Waals surface area contributed by atoms with Gasteiger partial charge < -0.3 is 10.6 Å². The first kappa shape index (κ1) is 20.5. The summed E-state index contributed by atoms with van der Waals surface area (Å²) in [5.74, 6) is 1.25. The number of carbonyl (C=O) groups is 1. The van der Waals surface area contributed by atoms with Crippen molar-refractivity contribution >= 4 is 18.3 Å². The Bertz CT molecular complexity index is 667. The second kappa shape index (κ2) is 10.3. The molecule has 3 rings (SSSR count). The number of halogens is 1. The molecule has 5 nitrogen and oxygen atoms in total. The molecule has 1 unspecified atom stereocenters. The molecule has 1 atom stereocenters. The Balaban J connectivity index is 0.00000243. The lowest BCUT2D eigenvalue weighted by Gasteiger charge is -2.27. The largest absolute Gasteiger partial charge is 0.352 e. The maximum Gasteiger partial charge on any atom is 0.220 e. The molecule has 1 fully saturated rings. The number of nitrogens with one attached hydrogen (secondary N) is 2. The molecule has 2 aromatic rings. The van der Waals surface area contributed by atoms with Gasteiger partial charge in [0.25, 0.3) is 0 Å². The third-order valence-electron chi connectivity index (χ3n) is 5.06. The summed E-state index contributed by atoms with van der Waals surface area (Å²) < 4.78 is 1.91. The summed E-state index contributed by atoms with van der Waals surface area (Å²) in [7, 11) is 0. The SMILES string of the molecule is CC(CC(=O)NCc1cnn(Cc2ccccc2)c1)C1CCNCC1.Cl. The van der Waals surface area contributed by atoms with Gasteiger partial charge in [-0.25, -0.2) is 0 Å². The molecule has 6 heteroatoms. The van der Waals surface area contributed by atoms with Gasteiger partial charge in [-0.05, 0) is 43.3 Å². The van der Waals surface area contributed by atoms with E-state index in [4.69, 9.17) is 0 Å². The van der Waals surface area contributed by atoms with Gasteiger partial charge in [0.2, 0.25) is 5.91 Å². The smallest absolute Gasteiger partial charge is 0.220 e. The van der Waals surface area contributed by atoms with Crippen LogP contribution >= 0.6 is 12.4 Å². The number of hydrogen-bond acceptors (Lipinski definition) is 3. The van der Waals surface area contributed by atoms with E-state index in [9.17, 15) is 4.79 Å². The van der Waals surface area contributed by atoms with E-state index in [2.05, 4.69) is 34.8 Å². The molecule has 1 aromatic carbocycles. The van der Waals surface area contributed by atoms with Crippen molar-refractivity contribution in [2.45, 2.75) is 39.3 Å². The number of amides is 1. The van der Waals surface area contributed by atoms with Crippen molar-refractivity contribution < 1.29 is 4.79 Å². The van der Waals surface area contributed by atoms with Crippen molar-refractivity contribution in [1.82, 2.24) is 20.4 Å². The number of hydrogen-bond donors (Lipinski definition) is 2. The first-order valence-electron chi connectivity index (χ1n) is 9.23. The average molecular weight is 377 g/mol. The number of piperidine rings is 1. The van der Waals surface area contributed by atoms with Crippen molar-refractivity contribution in [2.24, 2.45) is 11.8 Å². The number of aromatic nitrogens is 2. The van der Waals surface area contributed by atoms with Crippen LogP contribution in [0.3, 0.4) is 0 Å². The highest BCUT2D eigenvalue weighted by molar-refractivity contribution is 5.85. The van der Waals surface area contributed by atoms with E-state index in [1.54, 1.807) is 0 Å². The minimum atomic E-state index is 0. The third-order valence-corrected chi connectivity index (χ3v) is 5.06. The van der Waals surface area contributed by atoms with Crippen LogP contribution in [0, 0.1) is 11.8 Å². The van der Waals surface area contributed by atoms with Crippen LogP contribution in [0.5, 0.6) is 0 Å². The average Bonchev–Trinajstić information content (AvgIpc) is 3.09. The fourth-order valence-electron chi connectivity index (χ4n) is 3.50. The van der Waals surface area contributed by atoms with Crippen molar-refractivity contribution in [3.8, 4) is 0 Å². The standard InChI is InChI=1S/C20H28N4O.ClH/c1-16(19-7-9-21-10-8-19)11-20(25)22-12-18-13-23-24(15-18)14-17-5-3-2-4-6-17;/h2-6,13,15-16,19,21H,7-12,14H2,1H3,(H,22,25);1H. The second-order valence-corrected chi connectivity index (χ2v) is 7.08. The quantitative estimate of drug-likeness (QED) is 0.781. The molecule has 0 spiro atoms. The van der Waals surface area contributed by atoms with E-state index in [0.29, 0.717) is 24.8 Å².